The third-order valence-corrected chi connectivity index (χ3v) is 10.5. The molecule has 9 heteroatoms. The molecule has 1 aromatic rings. The lowest BCUT2D eigenvalue weighted by Gasteiger charge is -2.48. The summed E-state index contributed by atoms with van der Waals surface area (Å²) >= 11 is 2.92. The van der Waals surface area contributed by atoms with Crippen LogP contribution in [0.25, 0.3) is 0 Å². The SMILES string of the molecule is CC[C@]1(C)c2sc(=O)[nH]c2S[C@@H]2[C@H]3C[C@@H]([C@@H]4C(=O)N([C@H](C)C(=O)O)C(=O)[C@@H]34)[C@H]21. The molecule has 4 aliphatic rings. The molecule has 2 saturated carbocycles. The average molecular weight is 423 g/mol. The zero-order valence-electron chi connectivity index (χ0n) is 15.8. The summed E-state index contributed by atoms with van der Waals surface area (Å²) in [6.07, 6.45) is 1.69. The van der Waals surface area contributed by atoms with E-state index in [4.69, 9.17) is 0 Å². The number of carbonyl (C=O) groups is 3. The number of nitrogens with zero attached hydrogens (tertiary/aromatic N) is 1. The maximum atomic E-state index is 13.1. The number of nitrogens with one attached hydrogen (secondary N) is 1. The molecule has 150 valence electrons. The lowest BCUT2D eigenvalue weighted by molar-refractivity contribution is -0.154. The number of thiazole rings is 1. The molecule has 28 heavy (non-hydrogen) atoms. The molecule has 3 fully saturated rings. The summed E-state index contributed by atoms with van der Waals surface area (Å²) < 4.78 is 0. The van der Waals surface area contributed by atoms with Crippen LogP contribution in [0.2, 0.25) is 0 Å². The number of likely N-dealkylation sites (tertiary alicyclic amines) is 1. The van der Waals surface area contributed by atoms with E-state index in [1.165, 1.54) is 18.3 Å². The molecule has 0 aromatic carbocycles. The van der Waals surface area contributed by atoms with E-state index in [9.17, 15) is 24.3 Å². The van der Waals surface area contributed by atoms with Crippen molar-refractivity contribution in [3.8, 4) is 0 Å². The Labute approximate surface area is 169 Å². The van der Waals surface area contributed by atoms with E-state index in [-0.39, 0.29) is 45.1 Å². The Morgan fingerprint density at radius 2 is 1.93 bits per heavy atom. The van der Waals surface area contributed by atoms with Gasteiger partial charge in [0, 0.05) is 15.5 Å². The van der Waals surface area contributed by atoms with Crippen molar-refractivity contribution >= 4 is 40.9 Å². The van der Waals surface area contributed by atoms with Gasteiger partial charge in [-0.2, -0.15) is 0 Å². The fraction of sp³-hybridized carbons (Fsp3) is 0.684. The van der Waals surface area contributed by atoms with Crippen molar-refractivity contribution in [1.82, 2.24) is 9.88 Å². The molecule has 1 aromatic heterocycles. The Morgan fingerprint density at radius 3 is 2.54 bits per heavy atom. The molecule has 2 aliphatic heterocycles. The van der Waals surface area contributed by atoms with E-state index in [1.54, 1.807) is 11.8 Å². The van der Waals surface area contributed by atoms with Gasteiger partial charge in [0.2, 0.25) is 11.8 Å². The van der Waals surface area contributed by atoms with Crippen molar-refractivity contribution in [1.29, 1.82) is 0 Å². The van der Waals surface area contributed by atoms with E-state index in [0.717, 1.165) is 27.6 Å². The van der Waals surface area contributed by atoms with Gasteiger partial charge in [0.05, 0.1) is 16.9 Å². The Kier molecular flexibility index (Phi) is 3.76. The second kappa shape index (κ2) is 5.72. The van der Waals surface area contributed by atoms with Crippen molar-refractivity contribution in [3.05, 3.63) is 14.5 Å². The number of fused-ring (bicyclic) bond motifs is 9. The van der Waals surface area contributed by atoms with Crippen molar-refractivity contribution < 1.29 is 19.5 Å². The number of H-pyrrole nitrogens is 1. The molecule has 7 nitrogen and oxygen atoms in total. The van der Waals surface area contributed by atoms with Gasteiger partial charge in [-0.05, 0) is 37.5 Å². The molecular weight excluding hydrogens is 400 g/mol. The van der Waals surface area contributed by atoms with Gasteiger partial charge < -0.3 is 10.1 Å². The molecule has 0 spiro atoms. The number of aromatic nitrogens is 1. The standard InChI is InChI=1S/C19H22N2O5S2/c1-4-19(3)11-7-5-8(12(11)27-14-13(19)28-18(26)20-14)10-9(7)15(22)21(16(10)23)6(2)17(24)25/h6-12H,4-5H2,1-3H3,(H,20,26)(H,24,25)/t6-,7+,8+,9+,10+,11-,12-,19+/m1/s1. The van der Waals surface area contributed by atoms with Crippen molar-refractivity contribution in [2.75, 3.05) is 0 Å². The zero-order valence-corrected chi connectivity index (χ0v) is 17.4. The number of thioether (sulfide) groups is 1. The highest BCUT2D eigenvalue weighted by Crippen LogP contribution is 2.69. The minimum atomic E-state index is -1.15. The minimum Gasteiger partial charge on any atom is -0.480 e. The highest BCUT2D eigenvalue weighted by atomic mass is 32.2. The van der Waals surface area contributed by atoms with E-state index < -0.39 is 23.8 Å². The number of aromatic amines is 1. The third kappa shape index (κ3) is 2.01. The van der Waals surface area contributed by atoms with Crippen LogP contribution in [0.4, 0.5) is 0 Å². The number of amides is 2. The van der Waals surface area contributed by atoms with E-state index in [2.05, 4.69) is 18.8 Å². The normalized spacial score (nSPS) is 41.8. The van der Waals surface area contributed by atoms with Crippen LogP contribution in [0.15, 0.2) is 9.82 Å². The average Bonchev–Trinajstić information content (AvgIpc) is 3.36. The van der Waals surface area contributed by atoms with Crippen molar-refractivity contribution in [2.45, 2.75) is 55.3 Å². The van der Waals surface area contributed by atoms with Crippen LogP contribution in [-0.4, -0.2) is 44.1 Å². The molecule has 3 heterocycles. The monoisotopic (exact) mass is 422 g/mol. The lowest BCUT2D eigenvalue weighted by atomic mass is 9.62. The number of carboxylic acids is 1. The van der Waals surface area contributed by atoms with Crippen LogP contribution in [0.3, 0.4) is 0 Å². The second-order valence-corrected chi connectivity index (χ2v) is 10.9. The number of aliphatic carboxylic acids is 1. The first-order valence-corrected chi connectivity index (χ1v) is 11.4. The molecule has 2 amide bonds. The van der Waals surface area contributed by atoms with Crippen LogP contribution >= 0.6 is 23.1 Å². The predicted molar refractivity (Wildman–Crippen MR) is 103 cm³/mol. The molecule has 1 saturated heterocycles. The molecule has 0 unspecified atom stereocenters. The van der Waals surface area contributed by atoms with Crippen LogP contribution in [0.1, 0.15) is 38.5 Å². The van der Waals surface area contributed by atoms with Gasteiger partial charge in [-0.3, -0.25) is 19.3 Å². The van der Waals surface area contributed by atoms with Crippen molar-refractivity contribution in [3.63, 3.8) is 0 Å². The Balaban J connectivity index is 1.59. The molecule has 2 N–H and O–H groups in total. The van der Waals surface area contributed by atoms with E-state index in [0.29, 0.717) is 0 Å². The maximum Gasteiger partial charge on any atom is 0.326 e. The Hall–Kier alpha value is -1.61. The number of imide groups is 1. The molecule has 5 rings (SSSR count). The molecule has 2 aliphatic carbocycles. The summed E-state index contributed by atoms with van der Waals surface area (Å²) in [6.45, 7) is 5.70. The second-order valence-electron chi connectivity index (χ2n) is 8.73. The number of rotatable bonds is 3. The third-order valence-electron chi connectivity index (χ3n) is 7.74. The molecule has 2 bridgehead atoms. The molecule has 0 radical (unpaired) electrons. The smallest absolute Gasteiger partial charge is 0.326 e. The summed E-state index contributed by atoms with van der Waals surface area (Å²) in [5.74, 6) is -2.29. The largest absolute Gasteiger partial charge is 0.480 e. The molecular formula is C19H22N2O5S2. The van der Waals surface area contributed by atoms with Crippen LogP contribution < -0.4 is 4.87 Å². The summed E-state index contributed by atoms with van der Waals surface area (Å²) in [6, 6.07) is -1.13. The quantitative estimate of drug-likeness (QED) is 0.721. The van der Waals surface area contributed by atoms with Gasteiger partial charge in [0.15, 0.2) is 0 Å². The maximum absolute atomic E-state index is 13.1. The van der Waals surface area contributed by atoms with Gasteiger partial charge in [-0.1, -0.05) is 25.2 Å². The van der Waals surface area contributed by atoms with Gasteiger partial charge in [0.1, 0.15) is 6.04 Å². The number of carboxylic acid groups (broad SMARTS) is 1. The van der Waals surface area contributed by atoms with Crippen LogP contribution in [-0.2, 0) is 19.8 Å². The van der Waals surface area contributed by atoms with E-state index >= 15 is 0 Å². The lowest BCUT2D eigenvalue weighted by Crippen LogP contribution is -2.49. The topological polar surface area (TPSA) is 108 Å². The first kappa shape index (κ1) is 18.4. The van der Waals surface area contributed by atoms with E-state index in [1.807, 2.05) is 0 Å². The van der Waals surface area contributed by atoms with Crippen molar-refractivity contribution in [2.24, 2.45) is 29.6 Å². The summed E-state index contributed by atoms with van der Waals surface area (Å²) in [5, 5.41) is 10.4. The van der Waals surface area contributed by atoms with Gasteiger partial charge in [-0.25, -0.2) is 4.79 Å². The summed E-state index contributed by atoms with van der Waals surface area (Å²) in [7, 11) is 0. The summed E-state index contributed by atoms with van der Waals surface area (Å²) in [5.41, 5.74) is -0.214. The highest BCUT2D eigenvalue weighted by Gasteiger charge is 2.71. The van der Waals surface area contributed by atoms with Gasteiger partial charge >= 0.3 is 10.8 Å². The predicted octanol–water partition coefficient (Wildman–Crippen LogP) is 1.92. The number of hydrogen-bond acceptors (Lipinski definition) is 6. The van der Waals surface area contributed by atoms with Gasteiger partial charge in [0.25, 0.3) is 0 Å². The van der Waals surface area contributed by atoms with Crippen LogP contribution in [0, 0.1) is 29.6 Å². The Morgan fingerprint density at radius 1 is 1.29 bits per heavy atom. The fourth-order valence-corrected chi connectivity index (χ4v) is 9.60. The van der Waals surface area contributed by atoms with Gasteiger partial charge in [-0.15, -0.1) is 11.8 Å². The van der Waals surface area contributed by atoms with Crippen LogP contribution in [0.5, 0.6) is 0 Å². The minimum absolute atomic E-state index is 0.0508. The summed E-state index contributed by atoms with van der Waals surface area (Å²) in [4.78, 5) is 54.6. The molecule has 8 atom stereocenters. The zero-order chi connectivity index (χ0) is 20.1. The Bertz CT molecular complexity index is 970. The first-order valence-electron chi connectivity index (χ1n) is 9.70. The number of carbonyl (C=O) groups excluding carboxylic acids is 2. The first-order chi connectivity index (χ1) is 13.2. The number of hydrogen-bond donors (Lipinski definition) is 2. The highest BCUT2D eigenvalue weighted by molar-refractivity contribution is 8.00. The fourth-order valence-electron chi connectivity index (χ4n) is 6.41.